The van der Waals surface area contributed by atoms with Crippen molar-refractivity contribution in [3.8, 4) is 11.1 Å². The van der Waals surface area contributed by atoms with Gasteiger partial charge in [0.1, 0.15) is 0 Å². The molecule has 0 spiro atoms. The van der Waals surface area contributed by atoms with E-state index >= 15 is 0 Å². The third kappa shape index (κ3) is 2.67. The van der Waals surface area contributed by atoms with Gasteiger partial charge in [0.25, 0.3) is 0 Å². The number of nitrogens with one attached hydrogen (secondary N) is 1. The fraction of sp³-hybridized carbons (Fsp3) is 0. The summed E-state index contributed by atoms with van der Waals surface area (Å²) in [4.78, 5) is 15.5. The van der Waals surface area contributed by atoms with Gasteiger partial charge in [0.2, 0.25) is 0 Å². The molecule has 0 aliphatic heterocycles. The monoisotopic (exact) mass is 289 g/mol. The summed E-state index contributed by atoms with van der Waals surface area (Å²) in [5, 5.41) is 3.24. The minimum absolute atomic E-state index is 0.570. The van der Waals surface area contributed by atoms with E-state index in [4.69, 9.17) is 5.73 Å². The predicted molar refractivity (Wildman–Crippen MR) is 89.2 cm³/mol. The molecule has 4 nitrogen and oxygen atoms in total. The van der Waals surface area contributed by atoms with Crippen LogP contribution in [0, 0.1) is 0 Å². The Hall–Kier alpha value is -3.14. The Morgan fingerprint density at radius 2 is 1.64 bits per heavy atom. The molecule has 3 N–H and O–H groups in total. The summed E-state index contributed by atoms with van der Waals surface area (Å²) >= 11 is 0. The molecule has 0 radical (unpaired) electrons. The van der Waals surface area contributed by atoms with Crippen LogP contribution in [-0.4, -0.2) is 11.3 Å². The molecule has 0 fully saturated rings. The van der Waals surface area contributed by atoms with Crippen LogP contribution in [0.25, 0.3) is 11.1 Å². The summed E-state index contributed by atoms with van der Waals surface area (Å²) in [5.41, 5.74) is 9.79. The Balaban J connectivity index is 2.08. The maximum Gasteiger partial charge on any atom is 0.153 e. The van der Waals surface area contributed by atoms with E-state index < -0.39 is 0 Å². The third-order valence-corrected chi connectivity index (χ3v) is 3.40. The van der Waals surface area contributed by atoms with E-state index in [0.717, 1.165) is 23.1 Å². The van der Waals surface area contributed by atoms with Crippen molar-refractivity contribution in [3.05, 3.63) is 72.4 Å². The minimum Gasteiger partial charge on any atom is -0.396 e. The molecule has 1 heterocycles. The molecule has 1 aromatic heterocycles. The van der Waals surface area contributed by atoms with Crippen molar-refractivity contribution >= 4 is 23.5 Å². The standard InChI is InChI=1S/C18H15N3O/c19-16-9-5-11-20-18(16)21-17-10-4-3-8-15(17)14-7-2-1-6-13(14)12-22/h1-12H,19H2,(H,20,21). The van der Waals surface area contributed by atoms with Crippen LogP contribution in [0.2, 0.25) is 0 Å². The largest absolute Gasteiger partial charge is 0.396 e. The zero-order chi connectivity index (χ0) is 15.4. The average Bonchev–Trinajstić information content (AvgIpc) is 2.57. The quantitative estimate of drug-likeness (QED) is 0.715. The lowest BCUT2D eigenvalue weighted by molar-refractivity contribution is 0.112. The summed E-state index contributed by atoms with van der Waals surface area (Å²) in [7, 11) is 0. The number of benzene rings is 2. The molecule has 3 rings (SSSR count). The highest BCUT2D eigenvalue weighted by molar-refractivity contribution is 5.92. The maximum absolute atomic E-state index is 11.3. The predicted octanol–water partition coefficient (Wildman–Crippen LogP) is 3.89. The Bertz CT molecular complexity index is 815. The second-order valence-corrected chi connectivity index (χ2v) is 4.82. The first-order valence-corrected chi connectivity index (χ1v) is 6.90. The maximum atomic E-state index is 11.3. The number of hydrogen-bond donors (Lipinski definition) is 2. The van der Waals surface area contributed by atoms with E-state index in [1.54, 1.807) is 24.4 Å². The van der Waals surface area contributed by atoms with E-state index in [0.29, 0.717) is 17.1 Å². The lowest BCUT2D eigenvalue weighted by Gasteiger charge is -2.14. The molecule has 4 heteroatoms. The molecular formula is C18H15N3O. The zero-order valence-corrected chi connectivity index (χ0v) is 11.9. The highest BCUT2D eigenvalue weighted by Gasteiger charge is 2.10. The third-order valence-electron chi connectivity index (χ3n) is 3.40. The number of para-hydroxylation sites is 1. The van der Waals surface area contributed by atoms with Crippen molar-refractivity contribution in [1.29, 1.82) is 0 Å². The molecule has 0 aliphatic rings. The Kier molecular flexibility index (Phi) is 3.83. The number of anilines is 3. The Morgan fingerprint density at radius 3 is 2.41 bits per heavy atom. The van der Waals surface area contributed by atoms with Gasteiger partial charge in [-0.25, -0.2) is 4.98 Å². The van der Waals surface area contributed by atoms with Gasteiger partial charge in [-0.05, 0) is 23.8 Å². The molecule has 3 aromatic rings. The van der Waals surface area contributed by atoms with Gasteiger partial charge >= 0.3 is 0 Å². The Morgan fingerprint density at radius 1 is 0.909 bits per heavy atom. The number of nitrogen functional groups attached to an aromatic ring is 1. The lowest BCUT2D eigenvalue weighted by Crippen LogP contribution is -2.00. The molecule has 22 heavy (non-hydrogen) atoms. The topological polar surface area (TPSA) is 68.0 Å². The summed E-state index contributed by atoms with van der Waals surface area (Å²) < 4.78 is 0. The van der Waals surface area contributed by atoms with Crippen molar-refractivity contribution < 1.29 is 4.79 Å². The molecule has 0 saturated heterocycles. The van der Waals surface area contributed by atoms with Gasteiger partial charge in [-0.15, -0.1) is 0 Å². The Labute approximate surface area is 128 Å². The number of nitrogens with two attached hydrogens (primary N) is 1. The number of hydrogen-bond acceptors (Lipinski definition) is 4. The van der Waals surface area contributed by atoms with Crippen molar-refractivity contribution in [2.45, 2.75) is 0 Å². The molecular weight excluding hydrogens is 274 g/mol. The van der Waals surface area contributed by atoms with Gasteiger partial charge in [-0.1, -0.05) is 42.5 Å². The van der Waals surface area contributed by atoms with E-state index in [-0.39, 0.29) is 0 Å². The van der Waals surface area contributed by atoms with Gasteiger partial charge < -0.3 is 11.1 Å². The normalized spacial score (nSPS) is 10.2. The van der Waals surface area contributed by atoms with E-state index in [1.165, 1.54) is 0 Å². The van der Waals surface area contributed by atoms with Gasteiger partial charge in [0, 0.05) is 23.0 Å². The van der Waals surface area contributed by atoms with Crippen molar-refractivity contribution in [1.82, 2.24) is 4.98 Å². The molecule has 0 saturated carbocycles. The number of rotatable bonds is 4. The molecule has 0 unspecified atom stereocenters. The van der Waals surface area contributed by atoms with Crippen LogP contribution in [0.5, 0.6) is 0 Å². The smallest absolute Gasteiger partial charge is 0.153 e. The van der Waals surface area contributed by atoms with Crippen molar-refractivity contribution in [2.24, 2.45) is 0 Å². The summed E-state index contributed by atoms with van der Waals surface area (Å²) in [6.45, 7) is 0. The lowest BCUT2D eigenvalue weighted by atomic mass is 9.99. The number of carbonyl (C=O) groups excluding carboxylic acids is 1. The van der Waals surface area contributed by atoms with Gasteiger partial charge in [-0.2, -0.15) is 0 Å². The summed E-state index contributed by atoms with van der Waals surface area (Å²) in [6.07, 6.45) is 2.54. The van der Waals surface area contributed by atoms with Crippen LogP contribution in [0.4, 0.5) is 17.2 Å². The highest BCUT2D eigenvalue weighted by atomic mass is 16.1. The van der Waals surface area contributed by atoms with E-state index in [2.05, 4.69) is 10.3 Å². The van der Waals surface area contributed by atoms with Crippen LogP contribution < -0.4 is 11.1 Å². The van der Waals surface area contributed by atoms with Crippen molar-refractivity contribution in [3.63, 3.8) is 0 Å². The molecule has 0 atom stereocenters. The molecule has 0 amide bonds. The van der Waals surface area contributed by atoms with E-state index in [9.17, 15) is 4.79 Å². The zero-order valence-electron chi connectivity index (χ0n) is 11.9. The second kappa shape index (κ2) is 6.10. The first-order valence-electron chi connectivity index (χ1n) is 6.90. The van der Waals surface area contributed by atoms with Gasteiger partial charge in [0.15, 0.2) is 12.1 Å². The summed E-state index contributed by atoms with van der Waals surface area (Å²) in [5.74, 6) is 0.596. The van der Waals surface area contributed by atoms with Crippen LogP contribution in [0.1, 0.15) is 10.4 Å². The van der Waals surface area contributed by atoms with E-state index in [1.807, 2.05) is 42.5 Å². The minimum atomic E-state index is 0.570. The summed E-state index contributed by atoms with van der Waals surface area (Å²) in [6, 6.07) is 18.8. The van der Waals surface area contributed by atoms with Crippen molar-refractivity contribution in [2.75, 3.05) is 11.1 Å². The number of aromatic nitrogens is 1. The highest BCUT2D eigenvalue weighted by Crippen LogP contribution is 2.32. The molecule has 0 aliphatic carbocycles. The molecule has 2 aromatic carbocycles. The number of aldehydes is 1. The first-order chi connectivity index (χ1) is 10.8. The van der Waals surface area contributed by atoms with Gasteiger partial charge in [0.05, 0.1) is 5.69 Å². The second-order valence-electron chi connectivity index (χ2n) is 4.82. The SMILES string of the molecule is Nc1cccnc1Nc1ccccc1-c1ccccc1C=O. The van der Waals surface area contributed by atoms with Crippen LogP contribution in [0.15, 0.2) is 66.9 Å². The number of pyridine rings is 1. The van der Waals surface area contributed by atoms with Crippen LogP contribution in [-0.2, 0) is 0 Å². The van der Waals surface area contributed by atoms with Gasteiger partial charge in [-0.3, -0.25) is 4.79 Å². The molecule has 0 bridgehead atoms. The average molecular weight is 289 g/mol. The fourth-order valence-corrected chi connectivity index (χ4v) is 2.32. The first kappa shape index (κ1) is 13.8. The fourth-order valence-electron chi connectivity index (χ4n) is 2.32. The number of carbonyl (C=O) groups is 1. The van der Waals surface area contributed by atoms with Crippen LogP contribution in [0.3, 0.4) is 0 Å². The van der Waals surface area contributed by atoms with Crippen LogP contribution >= 0.6 is 0 Å². The number of nitrogens with zero attached hydrogens (tertiary/aromatic N) is 1. The molecule has 108 valence electrons.